The average molecular weight is 443 g/mol. The summed E-state index contributed by atoms with van der Waals surface area (Å²) >= 11 is 0. The van der Waals surface area contributed by atoms with Gasteiger partial charge in [-0.05, 0) is 39.9 Å². The number of methoxy groups -OCH3 is 1. The fourth-order valence-electron chi connectivity index (χ4n) is 5.09. The summed E-state index contributed by atoms with van der Waals surface area (Å²) in [5, 5.41) is 9.60. The van der Waals surface area contributed by atoms with Crippen LogP contribution in [0.5, 0.6) is 5.75 Å². The van der Waals surface area contributed by atoms with E-state index in [1.54, 1.807) is 29.2 Å². The third kappa shape index (κ3) is 3.82. The number of hydrogen-bond acceptors (Lipinski definition) is 5. The van der Waals surface area contributed by atoms with Crippen molar-refractivity contribution in [2.75, 3.05) is 26.8 Å². The molecule has 3 aromatic rings. The first kappa shape index (κ1) is 21.1. The molecule has 0 bridgehead atoms. The van der Waals surface area contributed by atoms with Crippen LogP contribution in [0.3, 0.4) is 0 Å². The van der Waals surface area contributed by atoms with Crippen molar-refractivity contribution in [1.29, 1.82) is 0 Å². The van der Waals surface area contributed by atoms with Crippen molar-refractivity contribution in [2.45, 2.75) is 11.8 Å². The van der Waals surface area contributed by atoms with Crippen LogP contribution in [0.25, 0.3) is 11.1 Å². The molecule has 0 aromatic heterocycles. The zero-order valence-electron chi connectivity index (χ0n) is 18.3. The van der Waals surface area contributed by atoms with Gasteiger partial charge in [-0.3, -0.25) is 4.79 Å². The Morgan fingerprint density at radius 3 is 2.12 bits per heavy atom. The number of amides is 1. The molecule has 0 spiro atoms. The molecule has 1 amide bonds. The summed E-state index contributed by atoms with van der Waals surface area (Å²) in [4.78, 5) is 27.0. The van der Waals surface area contributed by atoms with Gasteiger partial charge in [0.1, 0.15) is 12.4 Å². The summed E-state index contributed by atoms with van der Waals surface area (Å²) in [6, 6.07) is 23.1. The van der Waals surface area contributed by atoms with E-state index in [1.165, 1.54) is 18.2 Å². The number of benzene rings is 3. The summed E-state index contributed by atoms with van der Waals surface area (Å²) < 4.78 is 10.8. The van der Waals surface area contributed by atoms with Crippen LogP contribution in [0, 0.1) is 5.92 Å². The monoisotopic (exact) mass is 443 g/mol. The molecule has 0 radical (unpaired) electrons. The smallest absolute Gasteiger partial charge is 0.409 e. The highest BCUT2D eigenvalue weighted by atomic mass is 16.6. The molecule has 6 heteroatoms. The minimum Gasteiger partial charge on any atom is -0.508 e. The maximum Gasteiger partial charge on any atom is 0.409 e. The number of ether oxygens (including phenoxy) is 2. The molecule has 1 fully saturated rings. The molecule has 1 heterocycles. The zero-order valence-corrected chi connectivity index (χ0v) is 18.3. The number of nitrogens with zero attached hydrogens (tertiary/aromatic N) is 1. The molecular weight excluding hydrogens is 418 g/mol. The predicted octanol–water partition coefficient (Wildman–Crippen LogP) is 4.53. The van der Waals surface area contributed by atoms with E-state index in [0.717, 1.165) is 16.7 Å². The number of phenols is 1. The number of likely N-dealkylation sites (tertiary alicyclic amines) is 1. The summed E-state index contributed by atoms with van der Waals surface area (Å²) in [6.07, 6.45) is -0.438. The molecule has 5 rings (SSSR count). The van der Waals surface area contributed by atoms with Crippen molar-refractivity contribution >= 4 is 12.1 Å². The first-order valence-corrected chi connectivity index (χ1v) is 11.0. The van der Waals surface area contributed by atoms with Gasteiger partial charge in [-0.15, -0.1) is 0 Å². The fourth-order valence-corrected chi connectivity index (χ4v) is 5.09. The standard InChI is InChI=1S/C27H25NO5/c1-32-26(30)24-15-28(14-23(24)17-10-12-18(29)13-11-17)27(31)33-16-25-21-8-4-2-6-19(21)20-7-3-5-9-22(20)25/h2-13,23-25,29H,14-16H2,1H3/t23-,24+/m0/s1. The lowest BCUT2D eigenvalue weighted by Crippen LogP contribution is -2.31. The number of aromatic hydroxyl groups is 1. The number of esters is 1. The second-order valence-corrected chi connectivity index (χ2v) is 8.54. The highest BCUT2D eigenvalue weighted by Gasteiger charge is 2.42. The molecule has 6 nitrogen and oxygen atoms in total. The third-order valence-corrected chi connectivity index (χ3v) is 6.74. The highest BCUT2D eigenvalue weighted by molar-refractivity contribution is 5.79. The minimum atomic E-state index is -0.486. The van der Waals surface area contributed by atoms with Crippen LogP contribution >= 0.6 is 0 Å². The quantitative estimate of drug-likeness (QED) is 0.600. The van der Waals surface area contributed by atoms with Gasteiger partial charge in [0, 0.05) is 24.9 Å². The van der Waals surface area contributed by atoms with E-state index in [0.29, 0.717) is 6.54 Å². The Balaban J connectivity index is 1.32. The van der Waals surface area contributed by atoms with Crippen LogP contribution in [-0.2, 0) is 14.3 Å². The Morgan fingerprint density at radius 2 is 1.52 bits per heavy atom. The van der Waals surface area contributed by atoms with Crippen molar-refractivity contribution < 1.29 is 24.2 Å². The molecular formula is C27H25NO5. The molecule has 0 unspecified atom stereocenters. The van der Waals surface area contributed by atoms with Crippen LogP contribution in [0.15, 0.2) is 72.8 Å². The van der Waals surface area contributed by atoms with Crippen LogP contribution in [0.4, 0.5) is 4.79 Å². The highest BCUT2D eigenvalue weighted by Crippen LogP contribution is 2.44. The van der Waals surface area contributed by atoms with E-state index in [9.17, 15) is 14.7 Å². The minimum absolute atomic E-state index is 0.0201. The normalized spacial score (nSPS) is 19.1. The van der Waals surface area contributed by atoms with Gasteiger partial charge in [-0.2, -0.15) is 0 Å². The lowest BCUT2D eigenvalue weighted by molar-refractivity contribution is -0.145. The molecule has 1 aliphatic heterocycles. The average Bonchev–Trinajstić information content (AvgIpc) is 3.43. The van der Waals surface area contributed by atoms with Crippen molar-refractivity contribution in [1.82, 2.24) is 4.90 Å². The number of phenolic OH excluding ortho intramolecular Hbond substituents is 1. The van der Waals surface area contributed by atoms with E-state index in [1.807, 2.05) is 24.3 Å². The lowest BCUT2D eigenvalue weighted by Gasteiger charge is -2.19. The van der Waals surface area contributed by atoms with Gasteiger partial charge in [0.15, 0.2) is 0 Å². The van der Waals surface area contributed by atoms with Gasteiger partial charge >= 0.3 is 12.1 Å². The number of carbonyl (C=O) groups is 2. The number of fused-ring (bicyclic) bond motifs is 3. The molecule has 0 saturated carbocycles. The maximum absolute atomic E-state index is 13.0. The van der Waals surface area contributed by atoms with Gasteiger partial charge in [-0.1, -0.05) is 60.7 Å². The van der Waals surface area contributed by atoms with E-state index in [-0.39, 0.29) is 36.7 Å². The lowest BCUT2D eigenvalue weighted by atomic mass is 9.89. The molecule has 33 heavy (non-hydrogen) atoms. The fraction of sp³-hybridized carbons (Fsp3) is 0.259. The SMILES string of the molecule is COC(=O)[C@@H]1CN(C(=O)OCC2c3ccccc3-c3ccccc32)C[C@H]1c1ccc(O)cc1. The Kier molecular flexibility index (Phi) is 5.50. The molecule has 1 N–H and O–H groups in total. The Morgan fingerprint density at radius 1 is 0.909 bits per heavy atom. The largest absolute Gasteiger partial charge is 0.508 e. The van der Waals surface area contributed by atoms with Gasteiger partial charge in [0.25, 0.3) is 0 Å². The van der Waals surface area contributed by atoms with Crippen molar-refractivity contribution in [3.05, 3.63) is 89.5 Å². The third-order valence-electron chi connectivity index (χ3n) is 6.74. The molecule has 1 aliphatic carbocycles. The van der Waals surface area contributed by atoms with Gasteiger partial charge in [0.05, 0.1) is 13.0 Å². The van der Waals surface area contributed by atoms with Gasteiger partial charge in [-0.25, -0.2) is 4.79 Å². The molecule has 2 aliphatic rings. The van der Waals surface area contributed by atoms with Crippen molar-refractivity contribution in [3.63, 3.8) is 0 Å². The van der Waals surface area contributed by atoms with Gasteiger partial charge < -0.3 is 19.5 Å². The summed E-state index contributed by atoms with van der Waals surface area (Å²) in [7, 11) is 1.35. The first-order valence-electron chi connectivity index (χ1n) is 11.0. The van der Waals surface area contributed by atoms with Crippen LogP contribution in [0.2, 0.25) is 0 Å². The van der Waals surface area contributed by atoms with E-state index >= 15 is 0 Å². The van der Waals surface area contributed by atoms with Crippen LogP contribution in [0.1, 0.15) is 28.5 Å². The summed E-state index contributed by atoms with van der Waals surface area (Å²) in [6.45, 7) is 0.812. The number of carbonyl (C=O) groups excluding carboxylic acids is 2. The van der Waals surface area contributed by atoms with Crippen molar-refractivity contribution in [2.24, 2.45) is 5.92 Å². The van der Waals surface area contributed by atoms with E-state index < -0.39 is 12.0 Å². The van der Waals surface area contributed by atoms with E-state index in [2.05, 4.69) is 24.3 Å². The Bertz CT molecular complexity index is 1140. The first-order chi connectivity index (χ1) is 16.1. The van der Waals surface area contributed by atoms with Crippen LogP contribution in [-0.4, -0.2) is 48.9 Å². The second-order valence-electron chi connectivity index (χ2n) is 8.54. The zero-order chi connectivity index (χ0) is 22.9. The number of rotatable bonds is 4. The summed E-state index contributed by atoms with van der Waals surface area (Å²) in [5.41, 5.74) is 5.53. The maximum atomic E-state index is 13.0. The van der Waals surface area contributed by atoms with Crippen LogP contribution < -0.4 is 0 Å². The molecule has 3 aromatic carbocycles. The predicted molar refractivity (Wildman–Crippen MR) is 123 cm³/mol. The van der Waals surface area contributed by atoms with E-state index in [4.69, 9.17) is 9.47 Å². The number of hydrogen-bond donors (Lipinski definition) is 1. The van der Waals surface area contributed by atoms with Gasteiger partial charge in [0.2, 0.25) is 0 Å². The topological polar surface area (TPSA) is 76.1 Å². The second kappa shape index (κ2) is 8.62. The summed E-state index contributed by atoms with van der Waals surface area (Å²) in [5.74, 6) is -0.936. The Labute approximate surface area is 192 Å². The molecule has 168 valence electrons. The Hall–Kier alpha value is -3.80. The van der Waals surface area contributed by atoms with Crippen molar-refractivity contribution in [3.8, 4) is 16.9 Å². The molecule has 2 atom stereocenters. The molecule has 1 saturated heterocycles.